The first-order chi connectivity index (χ1) is 17.8. The smallest absolute Gasteiger partial charge is 0.0991 e. The summed E-state index contributed by atoms with van der Waals surface area (Å²) < 4.78 is 2.30. The van der Waals surface area contributed by atoms with Gasteiger partial charge in [-0.3, -0.25) is 0 Å². The monoisotopic (exact) mass is 462 g/mol. The number of hydrogen-bond acceptors (Lipinski definition) is 3. The Morgan fingerprint density at radius 2 is 1.67 bits per heavy atom. The Bertz CT molecular complexity index is 1770. The lowest BCUT2D eigenvalue weighted by atomic mass is 9.91. The first-order valence-corrected chi connectivity index (χ1v) is 12.3. The number of fused-ring (bicyclic) bond motifs is 6. The molecule has 0 radical (unpaired) electrons. The highest BCUT2D eigenvalue weighted by molar-refractivity contribution is 6.09. The number of nitrogens with zero attached hydrogens (tertiary/aromatic N) is 4. The topological polar surface area (TPSA) is 55.8 Å². The summed E-state index contributed by atoms with van der Waals surface area (Å²) >= 11 is 0. The lowest BCUT2D eigenvalue weighted by Crippen LogP contribution is -2.33. The van der Waals surface area contributed by atoms with Crippen molar-refractivity contribution in [2.24, 2.45) is 5.92 Å². The molecule has 3 aliphatic rings. The van der Waals surface area contributed by atoms with Crippen LogP contribution in [-0.4, -0.2) is 10.6 Å². The van der Waals surface area contributed by atoms with Gasteiger partial charge in [-0.25, -0.2) is 0 Å². The summed E-state index contributed by atoms with van der Waals surface area (Å²) in [5.41, 5.74) is 7.63. The summed E-state index contributed by atoms with van der Waals surface area (Å²) in [5.74, 6) is 0.174. The molecule has 0 N–H and O–H groups in total. The van der Waals surface area contributed by atoms with Crippen molar-refractivity contribution in [1.82, 2.24) is 4.57 Å². The van der Waals surface area contributed by atoms with Gasteiger partial charge in [-0.2, -0.15) is 10.5 Å². The minimum absolute atomic E-state index is 0.106. The first kappa shape index (κ1) is 20.6. The van der Waals surface area contributed by atoms with Gasteiger partial charge in [0.15, 0.2) is 0 Å². The minimum atomic E-state index is -0.106. The molecule has 4 heteroatoms. The van der Waals surface area contributed by atoms with Gasteiger partial charge < -0.3 is 9.47 Å². The van der Waals surface area contributed by atoms with E-state index in [4.69, 9.17) is 0 Å². The molecule has 170 valence electrons. The zero-order chi connectivity index (χ0) is 24.2. The molecule has 7 rings (SSSR count). The molecule has 4 nitrogen and oxygen atoms in total. The van der Waals surface area contributed by atoms with Gasteiger partial charge in [0.2, 0.25) is 0 Å². The van der Waals surface area contributed by atoms with E-state index in [1.54, 1.807) is 0 Å². The van der Waals surface area contributed by atoms with E-state index in [1.807, 2.05) is 30.4 Å². The Balaban J connectivity index is 1.45. The fraction of sp³-hybridized carbons (Fsp3) is 0.125. The Morgan fingerprint density at radius 1 is 0.806 bits per heavy atom. The number of para-hydroxylation sites is 1. The normalized spacial score (nSPS) is 21.8. The van der Waals surface area contributed by atoms with Crippen molar-refractivity contribution >= 4 is 27.5 Å². The van der Waals surface area contributed by atoms with Crippen molar-refractivity contribution in [2.45, 2.75) is 18.4 Å². The van der Waals surface area contributed by atoms with Gasteiger partial charge in [-0.15, -0.1) is 0 Å². The van der Waals surface area contributed by atoms with Crippen LogP contribution in [0.1, 0.15) is 23.5 Å². The summed E-state index contributed by atoms with van der Waals surface area (Å²) in [4.78, 5) is 2.43. The quantitative estimate of drug-likeness (QED) is 0.321. The van der Waals surface area contributed by atoms with Crippen LogP contribution in [0.15, 0.2) is 109 Å². The molecule has 3 aromatic carbocycles. The summed E-state index contributed by atoms with van der Waals surface area (Å²) in [6.45, 7) is 0. The summed E-state index contributed by atoms with van der Waals surface area (Å²) in [6, 6.07) is 26.0. The van der Waals surface area contributed by atoms with Gasteiger partial charge in [-0.1, -0.05) is 60.7 Å². The highest BCUT2D eigenvalue weighted by Crippen LogP contribution is 2.48. The average molecular weight is 463 g/mol. The van der Waals surface area contributed by atoms with E-state index in [-0.39, 0.29) is 17.9 Å². The number of benzene rings is 3. The van der Waals surface area contributed by atoms with E-state index >= 15 is 0 Å². The third-order valence-corrected chi connectivity index (χ3v) is 7.63. The summed E-state index contributed by atoms with van der Waals surface area (Å²) in [5, 5.41) is 21.3. The van der Waals surface area contributed by atoms with E-state index in [2.05, 4.69) is 94.5 Å². The second-order valence-electron chi connectivity index (χ2n) is 9.58. The van der Waals surface area contributed by atoms with Crippen LogP contribution in [0.3, 0.4) is 0 Å². The van der Waals surface area contributed by atoms with Crippen molar-refractivity contribution in [3.05, 3.63) is 120 Å². The van der Waals surface area contributed by atoms with Crippen LogP contribution >= 0.6 is 0 Å². The van der Waals surface area contributed by atoms with Crippen LogP contribution in [0.5, 0.6) is 0 Å². The Labute approximate surface area is 209 Å². The van der Waals surface area contributed by atoms with Gasteiger partial charge in [0.05, 0.1) is 40.7 Å². The van der Waals surface area contributed by atoms with Crippen LogP contribution in [0.25, 0.3) is 27.5 Å². The first-order valence-electron chi connectivity index (χ1n) is 12.3. The van der Waals surface area contributed by atoms with Crippen molar-refractivity contribution in [1.29, 1.82) is 10.5 Å². The van der Waals surface area contributed by atoms with E-state index in [0.717, 1.165) is 27.5 Å². The number of aromatic nitrogens is 1. The number of nitriles is 2. The Kier molecular flexibility index (Phi) is 4.50. The van der Waals surface area contributed by atoms with E-state index in [9.17, 15) is 10.5 Å². The largest absolute Gasteiger partial charge is 0.337 e. The number of anilines is 1. The van der Waals surface area contributed by atoms with Gasteiger partial charge in [0.1, 0.15) is 0 Å². The van der Waals surface area contributed by atoms with Crippen LogP contribution in [0.4, 0.5) is 5.69 Å². The molecule has 2 heterocycles. The molecule has 3 atom stereocenters. The number of hydrogen-bond donors (Lipinski definition) is 0. The zero-order valence-corrected chi connectivity index (χ0v) is 19.5. The van der Waals surface area contributed by atoms with Crippen molar-refractivity contribution in [3.8, 4) is 17.8 Å². The molecule has 36 heavy (non-hydrogen) atoms. The van der Waals surface area contributed by atoms with Crippen molar-refractivity contribution in [2.75, 3.05) is 4.90 Å². The molecule has 0 saturated heterocycles. The van der Waals surface area contributed by atoms with E-state index in [0.29, 0.717) is 12.0 Å². The van der Waals surface area contributed by atoms with E-state index < -0.39 is 0 Å². The minimum Gasteiger partial charge on any atom is -0.337 e. The van der Waals surface area contributed by atoms with Crippen LogP contribution in [0.2, 0.25) is 0 Å². The molecule has 2 aliphatic carbocycles. The predicted molar refractivity (Wildman–Crippen MR) is 144 cm³/mol. The molecular weight excluding hydrogens is 440 g/mol. The third-order valence-electron chi connectivity index (χ3n) is 7.63. The lowest BCUT2D eigenvalue weighted by Gasteiger charge is -2.32. The SMILES string of the molecule is N#Cc1ccc2c(c1)c1ccccc1n2-c1ccc2c(c1)N(C1=CC=CC(C#N)C1)C1C=CC=CC21. The van der Waals surface area contributed by atoms with Crippen molar-refractivity contribution in [3.63, 3.8) is 0 Å². The molecular formula is C32H22N4. The van der Waals surface area contributed by atoms with Crippen LogP contribution in [0, 0.1) is 28.6 Å². The van der Waals surface area contributed by atoms with Crippen LogP contribution < -0.4 is 4.90 Å². The molecule has 3 unspecified atom stereocenters. The highest BCUT2D eigenvalue weighted by Gasteiger charge is 2.39. The van der Waals surface area contributed by atoms with Crippen LogP contribution in [-0.2, 0) is 0 Å². The maximum atomic E-state index is 9.59. The highest BCUT2D eigenvalue weighted by atomic mass is 15.2. The molecule has 0 fully saturated rings. The molecule has 0 amide bonds. The number of allylic oxidation sites excluding steroid dienone is 6. The van der Waals surface area contributed by atoms with E-state index in [1.165, 1.54) is 16.9 Å². The lowest BCUT2D eigenvalue weighted by molar-refractivity contribution is 0.676. The number of rotatable bonds is 2. The summed E-state index contributed by atoms with van der Waals surface area (Å²) in [6.07, 6.45) is 15.7. The van der Waals surface area contributed by atoms with Gasteiger partial charge in [0.25, 0.3) is 0 Å². The molecule has 0 bridgehead atoms. The molecule has 0 spiro atoms. The molecule has 1 aliphatic heterocycles. The predicted octanol–water partition coefficient (Wildman–Crippen LogP) is 7.04. The third kappa shape index (κ3) is 2.92. The van der Waals surface area contributed by atoms with Crippen molar-refractivity contribution < 1.29 is 0 Å². The summed E-state index contributed by atoms with van der Waals surface area (Å²) in [7, 11) is 0. The molecule has 4 aromatic rings. The average Bonchev–Trinajstić information content (AvgIpc) is 3.45. The molecule has 0 saturated carbocycles. The second kappa shape index (κ2) is 7.87. The Hall–Kier alpha value is -4.80. The Morgan fingerprint density at radius 3 is 2.56 bits per heavy atom. The standard InChI is InChI=1S/C32H22N4/c33-19-21-6-5-7-23(16-21)36-29-10-3-1-8-25(29)27-14-13-24(18-32(27)36)35-30-11-4-2-9-26(30)28-17-22(20-34)12-15-31(28)35/h1-15,17-18,21,25,29H,16H2. The fourth-order valence-corrected chi connectivity index (χ4v) is 6.05. The molecule has 1 aromatic heterocycles. The zero-order valence-electron chi connectivity index (χ0n) is 19.5. The maximum absolute atomic E-state index is 9.59. The van der Waals surface area contributed by atoms with Gasteiger partial charge in [-0.05, 0) is 48.0 Å². The maximum Gasteiger partial charge on any atom is 0.0991 e. The van der Waals surface area contributed by atoms with Gasteiger partial charge >= 0.3 is 0 Å². The second-order valence-corrected chi connectivity index (χ2v) is 9.58. The fourth-order valence-electron chi connectivity index (χ4n) is 6.05. The van der Waals surface area contributed by atoms with Gasteiger partial charge in [0, 0.05) is 40.2 Å².